The highest BCUT2D eigenvalue weighted by Crippen LogP contribution is 2.22. The van der Waals surface area contributed by atoms with E-state index < -0.39 is 0 Å². The monoisotopic (exact) mass is 367 g/mol. The van der Waals surface area contributed by atoms with Crippen molar-refractivity contribution in [2.24, 2.45) is 0 Å². The van der Waals surface area contributed by atoms with Gasteiger partial charge in [-0.05, 0) is 42.0 Å². The van der Waals surface area contributed by atoms with Crippen LogP contribution >= 0.6 is 34.2 Å². The SMILES string of the molecule is COc1ccc(Cl)cc1CNCCCCCI. The molecule has 0 saturated heterocycles. The number of hydrogen-bond acceptors (Lipinski definition) is 2. The van der Waals surface area contributed by atoms with Gasteiger partial charge in [0.05, 0.1) is 7.11 Å². The third kappa shape index (κ3) is 5.93. The van der Waals surface area contributed by atoms with Crippen LogP contribution in [0.1, 0.15) is 24.8 Å². The fourth-order valence-electron chi connectivity index (χ4n) is 1.63. The maximum atomic E-state index is 5.97. The lowest BCUT2D eigenvalue weighted by molar-refractivity contribution is 0.407. The molecule has 0 atom stereocenters. The molecule has 0 aliphatic carbocycles. The summed E-state index contributed by atoms with van der Waals surface area (Å²) in [6.07, 6.45) is 3.83. The van der Waals surface area contributed by atoms with Crippen LogP contribution in [0.25, 0.3) is 0 Å². The van der Waals surface area contributed by atoms with E-state index in [-0.39, 0.29) is 0 Å². The molecule has 0 heterocycles. The third-order valence-electron chi connectivity index (χ3n) is 2.55. The van der Waals surface area contributed by atoms with E-state index in [2.05, 4.69) is 27.9 Å². The number of rotatable bonds is 8. The fraction of sp³-hybridized carbons (Fsp3) is 0.538. The second-order valence-corrected chi connectivity index (χ2v) is 5.40. The van der Waals surface area contributed by atoms with Crippen LogP contribution < -0.4 is 10.1 Å². The van der Waals surface area contributed by atoms with Crippen molar-refractivity contribution < 1.29 is 4.74 Å². The highest BCUT2D eigenvalue weighted by molar-refractivity contribution is 14.1. The molecule has 4 heteroatoms. The van der Waals surface area contributed by atoms with Crippen molar-refractivity contribution in [3.8, 4) is 5.75 Å². The number of ether oxygens (including phenoxy) is 1. The largest absolute Gasteiger partial charge is 0.496 e. The molecule has 0 fully saturated rings. The lowest BCUT2D eigenvalue weighted by Crippen LogP contribution is -2.15. The zero-order valence-corrected chi connectivity index (χ0v) is 13.1. The molecule has 0 saturated carbocycles. The van der Waals surface area contributed by atoms with Gasteiger partial charge in [-0.25, -0.2) is 0 Å². The summed E-state index contributed by atoms with van der Waals surface area (Å²) in [4.78, 5) is 0. The normalized spacial score (nSPS) is 10.5. The second kappa shape index (κ2) is 9.00. The van der Waals surface area contributed by atoms with Gasteiger partial charge in [-0.1, -0.05) is 40.6 Å². The van der Waals surface area contributed by atoms with E-state index in [9.17, 15) is 0 Å². The zero-order chi connectivity index (χ0) is 12.5. The first-order valence-electron chi connectivity index (χ1n) is 5.87. The van der Waals surface area contributed by atoms with Crippen molar-refractivity contribution in [2.45, 2.75) is 25.8 Å². The number of alkyl halides is 1. The van der Waals surface area contributed by atoms with Crippen LogP contribution in [-0.2, 0) is 6.54 Å². The van der Waals surface area contributed by atoms with Crippen LogP contribution in [0.3, 0.4) is 0 Å². The Morgan fingerprint density at radius 1 is 1.29 bits per heavy atom. The maximum absolute atomic E-state index is 5.97. The molecule has 0 amide bonds. The lowest BCUT2D eigenvalue weighted by Gasteiger charge is -2.10. The molecule has 0 aromatic heterocycles. The summed E-state index contributed by atoms with van der Waals surface area (Å²) in [5.74, 6) is 0.897. The molecule has 0 spiro atoms. The Labute approximate surface area is 122 Å². The first-order valence-corrected chi connectivity index (χ1v) is 7.77. The minimum Gasteiger partial charge on any atom is -0.496 e. The van der Waals surface area contributed by atoms with Crippen LogP contribution in [0, 0.1) is 0 Å². The molecule has 0 radical (unpaired) electrons. The number of unbranched alkanes of at least 4 members (excludes halogenated alkanes) is 2. The van der Waals surface area contributed by atoms with Crippen molar-refractivity contribution in [2.75, 3.05) is 18.1 Å². The molecule has 1 aromatic rings. The van der Waals surface area contributed by atoms with E-state index in [4.69, 9.17) is 16.3 Å². The molecule has 0 aliphatic heterocycles. The van der Waals surface area contributed by atoms with Crippen LogP contribution in [0.15, 0.2) is 18.2 Å². The molecule has 1 rings (SSSR count). The fourth-order valence-corrected chi connectivity index (χ4v) is 2.36. The van der Waals surface area contributed by atoms with Crippen LogP contribution in [0.4, 0.5) is 0 Å². The summed E-state index contributed by atoms with van der Waals surface area (Å²) in [7, 11) is 1.69. The Kier molecular flexibility index (Phi) is 7.97. The maximum Gasteiger partial charge on any atom is 0.123 e. The quantitative estimate of drug-likeness (QED) is 0.425. The van der Waals surface area contributed by atoms with Crippen molar-refractivity contribution >= 4 is 34.2 Å². The van der Waals surface area contributed by atoms with Gasteiger partial charge >= 0.3 is 0 Å². The summed E-state index contributed by atoms with van der Waals surface area (Å²) in [6, 6.07) is 5.72. The summed E-state index contributed by atoms with van der Waals surface area (Å²) in [5.41, 5.74) is 1.12. The van der Waals surface area contributed by atoms with Gasteiger partial charge in [-0.2, -0.15) is 0 Å². The summed E-state index contributed by atoms with van der Waals surface area (Å²) >= 11 is 8.39. The smallest absolute Gasteiger partial charge is 0.123 e. The molecule has 17 heavy (non-hydrogen) atoms. The standard InChI is InChI=1S/C13H19ClINO/c1-17-13-6-5-12(14)9-11(13)10-16-8-4-2-3-7-15/h5-6,9,16H,2-4,7-8,10H2,1H3. The van der Waals surface area contributed by atoms with E-state index in [0.29, 0.717) is 0 Å². The molecule has 0 aliphatic rings. The van der Waals surface area contributed by atoms with Gasteiger partial charge in [0.1, 0.15) is 5.75 Å². The average Bonchev–Trinajstić information content (AvgIpc) is 2.34. The van der Waals surface area contributed by atoms with Crippen molar-refractivity contribution in [1.82, 2.24) is 5.32 Å². The van der Waals surface area contributed by atoms with Crippen molar-refractivity contribution in [1.29, 1.82) is 0 Å². The molecule has 0 bridgehead atoms. The summed E-state index contributed by atoms with van der Waals surface area (Å²) in [5, 5.41) is 4.18. The highest BCUT2D eigenvalue weighted by Gasteiger charge is 2.02. The summed E-state index contributed by atoms with van der Waals surface area (Å²) < 4.78 is 6.55. The van der Waals surface area contributed by atoms with Gasteiger partial charge in [-0.15, -0.1) is 0 Å². The third-order valence-corrected chi connectivity index (χ3v) is 3.54. The van der Waals surface area contributed by atoms with Gasteiger partial charge < -0.3 is 10.1 Å². The number of benzene rings is 1. The molecule has 2 nitrogen and oxygen atoms in total. The van der Waals surface area contributed by atoms with Crippen LogP contribution in [0.2, 0.25) is 5.02 Å². The summed E-state index contributed by atoms with van der Waals surface area (Å²) in [6.45, 7) is 1.86. The van der Waals surface area contributed by atoms with Gasteiger partial charge in [0.15, 0.2) is 0 Å². The molecular weight excluding hydrogens is 349 g/mol. The number of methoxy groups -OCH3 is 1. The predicted octanol–water partition coefficient (Wildman–Crippen LogP) is 4.04. The topological polar surface area (TPSA) is 21.3 Å². The highest BCUT2D eigenvalue weighted by atomic mass is 127. The Balaban J connectivity index is 2.32. The van der Waals surface area contributed by atoms with E-state index >= 15 is 0 Å². The van der Waals surface area contributed by atoms with Gasteiger partial charge in [-0.3, -0.25) is 0 Å². The molecule has 0 unspecified atom stereocenters. The Hall–Kier alpha value is -0.000000000000000111. The molecule has 1 N–H and O–H groups in total. The van der Waals surface area contributed by atoms with Gasteiger partial charge in [0.2, 0.25) is 0 Å². The van der Waals surface area contributed by atoms with Crippen LogP contribution in [-0.4, -0.2) is 18.1 Å². The average molecular weight is 368 g/mol. The predicted molar refractivity (Wildman–Crippen MR) is 82.4 cm³/mol. The number of halogens is 2. The van der Waals surface area contributed by atoms with Gasteiger partial charge in [0, 0.05) is 17.1 Å². The van der Waals surface area contributed by atoms with E-state index in [1.807, 2.05) is 18.2 Å². The van der Waals surface area contributed by atoms with E-state index in [1.54, 1.807) is 7.11 Å². The number of nitrogens with one attached hydrogen (secondary N) is 1. The zero-order valence-electron chi connectivity index (χ0n) is 10.1. The second-order valence-electron chi connectivity index (χ2n) is 3.88. The van der Waals surface area contributed by atoms with E-state index in [0.717, 1.165) is 29.4 Å². The molecular formula is C13H19ClINO. The lowest BCUT2D eigenvalue weighted by atomic mass is 10.2. The minimum atomic E-state index is 0.757. The first-order chi connectivity index (χ1) is 8.27. The van der Waals surface area contributed by atoms with Crippen molar-refractivity contribution in [3.05, 3.63) is 28.8 Å². The molecule has 1 aromatic carbocycles. The first kappa shape index (κ1) is 15.1. The van der Waals surface area contributed by atoms with Crippen molar-refractivity contribution in [3.63, 3.8) is 0 Å². The van der Waals surface area contributed by atoms with Crippen LogP contribution in [0.5, 0.6) is 5.75 Å². The molecule has 96 valence electrons. The number of hydrogen-bond donors (Lipinski definition) is 1. The Morgan fingerprint density at radius 3 is 2.82 bits per heavy atom. The minimum absolute atomic E-state index is 0.757. The Morgan fingerprint density at radius 2 is 2.12 bits per heavy atom. The van der Waals surface area contributed by atoms with Gasteiger partial charge in [0.25, 0.3) is 0 Å². The van der Waals surface area contributed by atoms with E-state index in [1.165, 1.54) is 23.7 Å². The Bertz CT molecular complexity index is 333.